The van der Waals surface area contributed by atoms with Gasteiger partial charge in [0.15, 0.2) is 11.0 Å². The second-order valence-electron chi connectivity index (χ2n) is 3.94. The highest BCUT2D eigenvalue weighted by atomic mass is 35.5. The number of hydrogen-bond donors (Lipinski definition) is 0. The summed E-state index contributed by atoms with van der Waals surface area (Å²) in [6.07, 6.45) is 3.42. The summed E-state index contributed by atoms with van der Waals surface area (Å²) in [5.41, 5.74) is 0.384. The van der Waals surface area contributed by atoms with Gasteiger partial charge in [-0.2, -0.15) is 0 Å². The van der Waals surface area contributed by atoms with Gasteiger partial charge in [0.05, 0.1) is 7.11 Å². The molecule has 1 aliphatic heterocycles. The van der Waals surface area contributed by atoms with Crippen molar-refractivity contribution in [1.82, 2.24) is 10.2 Å². The number of nitrogens with zero attached hydrogens (tertiary/aromatic N) is 3. The SMILES string of the molecule is COC(=O)c1cc(Cl)nnc1N1CCCCC1. The Hall–Kier alpha value is -1.36. The summed E-state index contributed by atoms with van der Waals surface area (Å²) in [6.45, 7) is 1.78. The number of anilines is 1. The number of halogens is 1. The van der Waals surface area contributed by atoms with Crippen LogP contribution < -0.4 is 4.90 Å². The Morgan fingerprint density at radius 1 is 1.35 bits per heavy atom. The van der Waals surface area contributed by atoms with Gasteiger partial charge in [-0.3, -0.25) is 0 Å². The maximum Gasteiger partial charge on any atom is 0.341 e. The molecule has 0 amide bonds. The van der Waals surface area contributed by atoms with Crippen molar-refractivity contribution in [2.45, 2.75) is 19.3 Å². The lowest BCUT2D eigenvalue weighted by Gasteiger charge is -2.28. The molecule has 2 rings (SSSR count). The molecule has 2 heterocycles. The van der Waals surface area contributed by atoms with E-state index in [1.54, 1.807) is 0 Å². The van der Waals surface area contributed by atoms with Crippen LogP contribution in [0.1, 0.15) is 29.6 Å². The van der Waals surface area contributed by atoms with Crippen LogP contribution in [0.5, 0.6) is 0 Å². The topological polar surface area (TPSA) is 55.3 Å². The Morgan fingerprint density at radius 3 is 2.71 bits per heavy atom. The Kier molecular flexibility index (Phi) is 3.78. The number of ether oxygens (including phenoxy) is 1. The van der Waals surface area contributed by atoms with Crippen molar-refractivity contribution >= 4 is 23.4 Å². The molecule has 0 radical (unpaired) electrons. The fourth-order valence-corrected chi connectivity index (χ4v) is 2.11. The summed E-state index contributed by atoms with van der Waals surface area (Å²) in [6, 6.07) is 1.50. The van der Waals surface area contributed by atoms with Crippen LogP contribution >= 0.6 is 11.6 Å². The van der Waals surface area contributed by atoms with Crippen molar-refractivity contribution in [1.29, 1.82) is 0 Å². The quantitative estimate of drug-likeness (QED) is 0.756. The van der Waals surface area contributed by atoms with Crippen molar-refractivity contribution in [2.75, 3.05) is 25.1 Å². The van der Waals surface area contributed by atoms with Crippen LogP contribution in [0.2, 0.25) is 5.15 Å². The van der Waals surface area contributed by atoms with Crippen LogP contribution in [0.25, 0.3) is 0 Å². The van der Waals surface area contributed by atoms with Crippen molar-refractivity contribution in [2.24, 2.45) is 0 Å². The minimum absolute atomic E-state index is 0.200. The minimum Gasteiger partial charge on any atom is -0.465 e. The molecule has 17 heavy (non-hydrogen) atoms. The lowest BCUT2D eigenvalue weighted by Crippen LogP contribution is -2.32. The van der Waals surface area contributed by atoms with Gasteiger partial charge in [0.2, 0.25) is 0 Å². The lowest BCUT2D eigenvalue weighted by atomic mass is 10.1. The molecule has 1 aliphatic rings. The summed E-state index contributed by atoms with van der Waals surface area (Å²) < 4.78 is 4.73. The molecule has 92 valence electrons. The predicted molar refractivity (Wildman–Crippen MR) is 64.4 cm³/mol. The summed E-state index contributed by atoms with van der Waals surface area (Å²) in [4.78, 5) is 13.7. The third-order valence-corrected chi connectivity index (χ3v) is 2.99. The summed E-state index contributed by atoms with van der Waals surface area (Å²) in [5.74, 6) is 0.142. The van der Waals surface area contributed by atoms with Gasteiger partial charge < -0.3 is 9.64 Å². The minimum atomic E-state index is -0.428. The largest absolute Gasteiger partial charge is 0.465 e. The highest BCUT2D eigenvalue weighted by Gasteiger charge is 2.21. The molecule has 0 N–H and O–H groups in total. The summed E-state index contributed by atoms with van der Waals surface area (Å²) >= 11 is 5.76. The molecule has 0 bridgehead atoms. The number of carbonyl (C=O) groups is 1. The first-order chi connectivity index (χ1) is 8.22. The van der Waals surface area contributed by atoms with Gasteiger partial charge in [0, 0.05) is 13.1 Å². The van der Waals surface area contributed by atoms with Gasteiger partial charge >= 0.3 is 5.97 Å². The van der Waals surface area contributed by atoms with Crippen LogP contribution in [-0.4, -0.2) is 36.4 Å². The van der Waals surface area contributed by atoms with E-state index in [1.807, 2.05) is 0 Å². The van der Waals surface area contributed by atoms with Crippen LogP contribution in [0.3, 0.4) is 0 Å². The Morgan fingerprint density at radius 2 is 2.06 bits per heavy atom. The van der Waals surface area contributed by atoms with E-state index < -0.39 is 5.97 Å². The highest BCUT2D eigenvalue weighted by Crippen LogP contribution is 2.23. The van der Waals surface area contributed by atoms with Crippen molar-refractivity contribution in [3.8, 4) is 0 Å². The first-order valence-electron chi connectivity index (χ1n) is 5.59. The van der Waals surface area contributed by atoms with Gasteiger partial charge in [-0.05, 0) is 25.3 Å². The summed E-state index contributed by atoms with van der Waals surface area (Å²) in [7, 11) is 1.34. The third-order valence-electron chi connectivity index (χ3n) is 2.81. The van der Waals surface area contributed by atoms with E-state index in [1.165, 1.54) is 19.6 Å². The molecule has 0 aromatic carbocycles. The number of aromatic nitrogens is 2. The highest BCUT2D eigenvalue weighted by molar-refractivity contribution is 6.29. The molecule has 0 unspecified atom stereocenters. The second-order valence-corrected chi connectivity index (χ2v) is 4.33. The van der Waals surface area contributed by atoms with E-state index in [4.69, 9.17) is 16.3 Å². The lowest BCUT2D eigenvalue weighted by molar-refractivity contribution is 0.0600. The van der Waals surface area contributed by atoms with Gasteiger partial charge in [-0.25, -0.2) is 4.79 Å². The van der Waals surface area contributed by atoms with Gasteiger partial charge in [-0.15, -0.1) is 10.2 Å². The van der Waals surface area contributed by atoms with Crippen molar-refractivity contribution in [3.05, 3.63) is 16.8 Å². The van der Waals surface area contributed by atoms with E-state index in [9.17, 15) is 4.79 Å². The molecule has 0 aliphatic carbocycles. The fraction of sp³-hybridized carbons (Fsp3) is 0.545. The molecule has 1 saturated heterocycles. The van der Waals surface area contributed by atoms with Crippen molar-refractivity contribution in [3.63, 3.8) is 0 Å². The number of piperidine rings is 1. The van der Waals surface area contributed by atoms with Gasteiger partial charge in [0.25, 0.3) is 0 Å². The Labute approximate surface area is 105 Å². The Balaban J connectivity index is 2.34. The van der Waals surface area contributed by atoms with Crippen LogP contribution in [-0.2, 0) is 4.74 Å². The Bertz CT molecular complexity index is 419. The third kappa shape index (κ3) is 2.66. The molecule has 1 aromatic heterocycles. The number of esters is 1. The molecule has 0 saturated carbocycles. The zero-order chi connectivity index (χ0) is 12.3. The number of hydrogen-bond acceptors (Lipinski definition) is 5. The maximum atomic E-state index is 11.7. The average Bonchev–Trinajstić information content (AvgIpc) is 2.38. The first-order valence-corrected chi connectivity index (χ1v) is 5.96. The number of carbonyl (C=O) groups excluding carboxylic acids is 1. The van der Waals surface area contributed by atoms with E-state index in [0.29, 0.717) is 11.4 Å². The second kappa shape index (κ2) is 5.31. The van der Waals surface area contributed by atoms with E-state index in [2.05, 4.69) is 15.1 Å². The molecule has 6 heteroatoms. The number of methoxy groups -OCH3 is 1. The molecular formula is C11H14ClN3O2. The maximum absolute atomic E-state index is 11.7. The normalized spacial score (nSPS) is 15.8. The van der Waals surface area contributed by atoms with Gasteiger partial charge in [-0.1, -0.05) is 11.6 Å². The number of rotatable bonds is 2. The molecule has 1 aromatic rings. The molecule has 0 atom stereocenters. The molecular weight excluding hydrogens is 242 g/mol. The standard InChI is InChI=1S/C11H14ClN3O2/c1-17-11(16)8-7-9(12)13-14-10(8)15-5-3-2-4-6-15/h7H,2-6H2,1H3. The molecule has 5 nitrogen and oxygen atoms in total. The smallest absolute Gasteiger partial charge is 0.341 e. The van der Waals surface area contributed by atoms with Gasteiger partial charge in [0.1, 0.15) is 5.56 Å². The summed E-state index contributed by atoms with van der Waals surface area (Å²) in [5, 5.41) is 8.01. The van der Waals surface area contributed by atoms with E-state index in [-0.39, 0.29) is 5.15 Å². The monoisotopic (exact) mass is 255 g/mol. The van der Waals surface area contributed by atoms with Crippen LogP contribution in [0.4, 0.5) is 5.82 Å². The fourth-order valence-electron chi connectivity index (χ4n) is 1.96. The van der Waals surface area contributed by atoms with Crippen LogP contribution in [0, 0.1) is 0 Å². The first kappa shape index (κ1) is 12.1. The average molecular weight is 256 g/mol. The zero-order valence-electron chi connectivity index (χ0n) is 9.65. The van der Waals surface area contributed by atoms with Crippen molar-refractivity contribution < 1.29 is 9.53 Å². The van der Waals surface area contributed by atoms with E-state index in [0.717, 1.165) is 25.9 Å². The zero-order valence-corrected chi connectivity index (χ0v) is 10.4. The molecule has 0 spiro atoms. The predicted octanol–water partition coefficient (Wildman–Crippen LogP) is 1.91. The van der Waals surface area contributed by atoms with E-state index >= 15 is 0 Å². The molecule has 1 fully saturated rings. The van der Waals surface area contributed by atoms with Crippen LogP contribution in [0.15, 0.2) is 6.07 Å².